The average Bonchev–Trinajstić information content (AvgIpc) is 3.25. The summed E-state index contributed by atoms with van der Waals surface area (Å²) < 4.78 is 5.66. The summed E-state index contributed by atoms with van der Waals surface area (Å²) in [6.07, 6.45) is 10.8. The third-order valence-corrected chi connectivity index (χ3v) is 7.37. The zero-order chi connectivity index (χ0) is 16.4. The first-order valence-electron chi connectivity index (χ1n) is 9.60. The van der Waals surface area contributed by atoms with Gasteiger partial charge in [-0.15, -0.1) is 0 Å². The Labute approximate surface area is 142 Å². The number of fused-ring (bicyclic) bond motifs is 9. The van der Waals surface area contributed by atoms with E-state index in [4.69, 9.17) is 4.74 Å². The molecule has 4 nitrogen and oxygen atoms in total. The lowest BCUT2D eigenvalue weighted by Crippen LogP contribution is -2.33. The predicted molar refractivity (Wildman–Crippen MR) is 85.8 cm³/mol. The molecule has 0 aromatic rings. The highest BCUT2D eigenvalue weighted by molar-refractivity contribution is 5.99. The van der Waals surface area contributed by atoms with Gasteiger partial charge in [0.05, 0.1) is 0 Å². The number of rotatable bonds is 3. The molecule has 4 bridgehead atoms. The van der Waals surface area contributed by atoms with E-state index in [0.29, 0.717) is 18.0 Å². The van der Waals surface area contributed by atoms with E-state index in [-0.39, 0.29) is 53.5 Å². The van der Waals surface area contributed by atoms with Crippen LogP contribution >= 0.6 is 0 Å². The van der Waals surface area contributed by atoms with Crippen molar-refractivity contribution < 1.29 is 19.1 Å². The Bertz CT molecular complexity index is 630. The van der Waals surface area contributed by atoms with Crippen molar-refractivity contribution in [2.45, 2.75) is 51.0 Å². The van der Waals surface area contributed by atoms with Crippen LogP contribution in [0.2, 0.25) is 0 Å². The molecule has 0 heterocycles. The molecule has 7 unspecified atom stereocenters. The van der Waals surface area contributed by atoms with Crippen LogP contribution in [0.5, 0.6) is 0 Å². The van der Waals surface area contributed by atoms with E-state index in [1.165, 1.54) is 6.42 Å². The van der Waals surface area contributed by atoms with Gasteiger partial charge in [0.1, 0.15) is 17.7 Å². The number of carbonyl (C=O) groups is 3. The second-order valence-corrected chi connectivity index (χ2v) is 8.48. The van der Waals surface area contributed by atoms with Gasteiger partial charge < -0.3 is 4.74 Å². The minimum Gasteiger partial charge on any atom is -0.462 e. The fourth-order valence-corrected chi connectivity index (χ4v) is 6.51. The first-order valence-corrected chi connectivity index (χ1v) is 9.60. The molecule has 128 valence electrons. The van der Waals surface area contributed by atoms with Crippen molar-refractivity contribution in [2.24, 2.45) is 41.4 Å². The standard InChI is InChI=1S/C20H24O4/c21-15(24-11-4-2-1-3-5-11)9-10-8-14-17-12-6-7-13(19(12)22)18(17)16(10)20(14)23/h6-7,10-14,16-18H,1-5,8-9H2. The van der Waals surface area contributed by atoms with Crippen LogP contribution < -0.4 is 0 Å². The van der Waals surface area contributed by atoms with E-state index in [1.807, 2.05) is 12.2 Å². The van der Waals surface area contributed by atoms with Crippen molar-refractivity contribution >= 4 is 17.5 Å². The van der Waals surface area contributed by atoms with E-state index >= 15 is 0 Å². The van der Waals surface area contributed by atoms with Crippen LogP contribution in [0.25, 0.3) is 0 Å². The fourth-order valence-electron chi connectivity index (χ4n) is 6.51. The van der Waals surface area contributed by atoms with Crippen molar-refractivity contribution in [3.8, 4) is 0 Å². The monoisotopic (exact) mass is 328 g/mol. The molecule has 5 rings (SSSR count). The van der Waals surface area contributed by atoms with E-state index in [9.17, 15) is 14.4 Å². The quantitative estimate of drug-likeness (QED) is 0.454. The lowest BCUT2D eigenvalue weighted by Gasteiger charge is -2.34. The van der Waals surface area contributed by atoms with Gasteiger partial charge in [0.2, 0.25) is 0 Å². The maximum atomic E-state index is 12.7. The van der Waals surface area contributed by atoms with Gasteiger partial charge in [-0.1, -0.05) is 18.6 Å². The van der Waals surface area contributed by atoms with Crippen LogP contribution in [0.1, 0.15) is 44.9 Å². The lowest BCUT2D eigenvalue weighted by atomic mass is 9.69. The molecule has 7 atom stereocenters. The molecule has 0 aromatic heterocycles. The Kier molecular flexibility index (Phi) is 3.26. The second kappa shape index (κ2) is 5.27. The van der Waals surface area contributed by atoms with E-state index in [2.05, 4.69) is 0 Å². The van der Waals surface area contributed by atoms with Gasteiger partial charge in [0.15, 0.2) is 0 Å². The molecular weight excluding hydrogens is 304 g/mol. The lowest BCUT2D eigenvalue weighted by molar-refractivity contribution is -0.152. The molecule has 0 aromatic carbocycles. The van der Waals surface area contributed by atoms with Crippen molar-refractivity contribution in [3.05, 3.63) is 12.2 Å². The summed E-state index contributed by atoms with van der Waals surface area (Å²) in [6.45, 7) is 0. The van der Waals surface area contributed by atoms with Gasteiger partial charge in [-0.05, 0) is 49.9 Å². The SMILES string of the molecule is O=C(CC1CC2C(=O)C1C1C3C=CC(C3=O)C21)OC1CCCCC1. The predicted octanol–water partition coefficient (Wildman–Crippen LogP) is 2.70. The van der Waals surface area contributed by atoms with Gasteiger partial charge in [-0.25, -0.2) is 0 Å². The fraction of sp³-hybridized carbons (Fsp3) is 0.750. The number of hydrogen-bond donors (Lipinski definition) is 0. The van der Waals surface area contributed by atoms with Crippen molar-refractivity contribution in [2.75, 3.05) is 0 Å². The smallest absolute Gasteiger partial charge is 0.306 e. The number of ether oxygens (including phenoxy) is 1. The Hall–Kier alpha value is -1.45. The summed E-state index contributed by atoms with van der Waals surface area (Å²) in [7, 11) is 0. The highest BCUT2D eigenvalue weighted by Gasteiger charge is 2.68. The largest absolute Gasteiger partial charge is 0.462 e. The molecule has 4 fully saturated rings. The minimum absolute atomic E-state index is 0.0105. The number of hydrogen-bond acceptors (Lipinski definition) is 4. The Morgan fingerprint density at radius 3 is 2.46 bits per heavy atom. The normalized spacial score (nSPS) is 45.9. The molecular formula is C20H24O4. The van der Waals surface area contributed by atoms with Crippen LogP contribution in [0.3, 0.4) is 0 Å². The molecule has 5 aliphatic rings. The van der Waals surface area contributed by atoms with E-state index < -0.39 is 0 Å². The molecule has 0 amide bonds. The van der Waals surface area contributed by atoms with Gasteiger partial charge in [-0.2, -0.15) is 0 Å². The highest BCUT2D eigenvalue weighted by atomic mass is 16.5. The Morgan fingerprint density at radius 1 is 1.00 bits per heavy atom. The number of carbonyl (C=O) groups excluding carboxylic acids is 3. The van der Waals surface area contributed by atoms with Crippen LogP contribution in [0, 0.1) is 41.4 Å². The minimum atomic E-state index is -0.131. The Morgan fingerprint density at radius 2 is 1.71 bits per heavy atom. The van der Waals surface area contributed by atoms with Gasteiger partial charge >= 0.3 is 5.97 Å². The molecule has 0 spiro atoms. The van der Waals surface area contributed by atoms with E-state index in [1.54, 1.807) is 0 Å². The summed E-state index contributed by atoms with van der Waals surface area (Å²) in [6, 6.07) is 0. The zero-order valence-electron chi connectivity index (χ0n) is 13.9. The molecule has 4 saturated carbocycles. The maximum absolute atomic E-state index is 12.7. The zero-order valence-corrected chi connectivity index (χ0v) is 13.9. The molecule has 0 radical (unpaired) electrons. The van der Waals surface area contributed by atoms with Gasteiger partial charge in [0.25, 0.3) is 0 Å². The molecule has 0 N–H and O–H groups in total. The number of esters is 1. The Balaban J connectivity index is 1.28. The third kappa shape index (κ3) is 1.94. The highest BCUT2D eigenvalue weighted by Crippen LogP contribution is 2.64. The maximum Gasteiger partial charge on any atom is 0.306 e. The molecule has 0 saturated heterocycles. The summed E-state index contributed by atoms with van der Waals surface area (Å²) in [5.41, 5.74) is 0. The van der Waals surface area contributed by atoms with E-state index in [0.717, 1.165) is 32.1 Å². The average molecular weight is 328 g/mol. The number of allylic oxidation sites excluding steroid dienone is 2. The van der Waals surface area contributed by atoms with Crippen molar-refractivity contribution in [1.82, 2.24) is 0 Å². The summed E-state index contributed by atoms with van der Waals surface area (Å²) in [5.74, 6) is 0.866. The van der Waals surface area contributed by atoms with Crippen molar-refractivity contribution in [1.29, 1.82) is 0 Å². The van der Waals surface area contributed by atoms with Crippen LogP contribution in [-0.4, -0.2) is 23.6 Å². The first kappa shape index (κ1) is 14.9. The van der Waals surface area contributed by atoms with Gasteiger partial charge in [-0.3, -0.25) is 14.4 Å². The van der Waals surface area contributed by atoms with Gasteiger partial charge in [0, 0.05) is 30.1 Å². The van der Waals surface area contributed by atoms with Crippen LogP contribution in [0.4, 0.5) is 0 Å². The second-order valence-electron chi connectivity index (χ2n) is 8.48. The molecule has 5 aliphatic carbocycles. The third-order valence-electron chi connectivity index (χ3n) is 7.37. The summed E-state index contributed by atoms with van der Waals surface area (Å²) in [4.78, 5) is 37.4. The number of ketones is 2. The number of Topliss-reactive ketones (excluding diaryl/α,β-unsaturated/α-hetero) is 2. The van der Waals surface area contributed by atoms with Crippen LogP contribution in [0.15, 0.2) is 12.2 Å². The van der Waals surface area contributed by atoms with Crippen molar-refractivity contribution in [3.63, 3.8) is 0 Å². The molecule has 24 heavy (non-hydrogen) atoms. The van der Waals surface area contributed by atoms with Crippen LogP contribution in [-0.2, 0) is 19.1 Å². The topological polar surface area (TPSA) is 60.4 Å². The summed E-state index contributed by atoms with van der Waals surface area (Å²) >= 11 is 0. The summed E-state index contributed by atoms with van der Waals surface area (Å²) in [5, 5.41) is 0. The molecule has 4 heteroatoms. The first-order chi connectivity index (χ1) is 11.6. The molecule has 0 aliphatic heterocycles.